The zero-order valence-electron chi connectivity index (χ0n) is 10.9. The molecule has 0 spiro atoms. The lowest BCUT2D eigenvalue weighted by Crippen LogP contribution is -2.44. The Balaban J connectivity index is 0. The number of guanidine groups is 1. The maximum absolute atomic E-state index is 5.05. The fraction of sp³-hybridized carbons (Fsp3) is 0.727. The number of hydrogen-bond acceptors (Lipinski definition) is 3. The molecule has 0 rings (SSSR count). The van der Waals surface area contributed by atoms with Crippen molar-refractivity contribution in [1.29, 1.82) is 0 Å². The van der Waals surface area contributed by atoms with Crippen LogP contribution >= 0.6 is 35.7 Å². The number of nitrogens with zero attached hydrogens (tertiary/aromatic N) is 1. The van der Waals surface area contributed by atoms with Gasteiger partial charge in [0, 0.05) is 38.2 Å². The van der Waals surface area contributed by atoms with Crippen LogP contribution < -0.4 is 10.6 Å². The molecular formula is C11H24IN3OS. The average Bonchev–Trinajstić information content (AvgIpc) is 2.27. The van der Waals surface area contributed by atoms with Crippen LogP contribution in [0.15, 0.2) is 17.6 Å². The van der Waals surface area contributed by atoms with E-state index in [9.17, 15) is 0 Å². The van der Waals surface area contributed by atoms with Gasteiger partial charge in [0.1, 0.15) is 0 Å². The molecule has 0 heterocycles. The van der Waals surface area contributed by atoms with E-state index in [-0.39, 0.29) is 30.0 Å². The lowest BCUT2D eigenvalue weighted by molar-refractivity contribution is 0.179. The first-order chi connectivity index (χ1) is 7.74. The molecule has 1 unspecified atom stereocenters. The minimum Gasteiger partial charge on any atom is -0.383 e. The van der Waals surface area contributed by atoms with Crippen molar-refractivity contribution in [3.05, 3.63) is 12.7 Å². The number of aliphatic imine (C=N–C) groups is 1. The molecular weight excluding hydrogens is 349 g/mol. The molecule has 0 aromatic heterocycles. The van der Waals surface area contributed by atoms with Crippen LogP contribution in [0.25, 0.3) is 0 Å². The molecule has 0 aliphatic heterocycles. The highest BCUT2D eigenvalue weighted by molar-refractivity contribution is 14.0. The van der Waals surface area contributed by atoms with E-state index in [4.69, 9.17) is 4.74 Å². The molecule has 0 bridgehead atoms. The van der Waals surface area contributed by atoms with Crippen LogP contribution in [-0.2, 0) is 4.74 Å². The molecule has 0 aliphatic carbocycles. The van der Waals surface area contributed by atoms with Gasteiger partial charge in [0.25, 0.3) is 0 Å². The van der Waals surface area contributed by atoms with Gasteiger partial charge in [-0.2, -0.15) is 11.8 Å². The molecule has 2 N–H and O–H groups in total. The van der Waals surface area contributed by atoms with Crippen LogP contribution in [0.4, 0.5) is 0 Å². The van der Waals surface area contributed by atoms with Crippen molar-refractivity contribution >= 4 is 41.7 Å². The van der Waals surface area contributed by atoms with E-state index in [0.717, 1.165) is 24.0 Å². The highest BCUT2D eigenvalue weighted by atomic mass is 127. The maximum atomic E-state index is 5.05. The fourth-order valence-electron chi connectivity index (χ4n) is 1.13. The molecule has 0 radical (unpaired) electrons. The minimum atomic E-state index is 0. The van der Waals surface area contributed by atoms with Gasteiger partial charge < -0.3 is 15.4 Å². The molecule has 102 valence electrons. The van der Waals surface area contributed by atoms with Gasteiger partial charge >= 0.3 is 0 Å². The second kappa shape index (κ2) is 14.1. The summed E-state index contributed by atoms with van der Waals surface area (Å²) in [5, 5.41) is 6.49. The summed E-state index contributed by atoms with van der Waals surface area (Å²) in [6, 6.07) is 0.261. The van der Waals surface area contributed by atoms with Crippen LogP contribution in [0.3, 0.4) is 0 Å². The quantitative estimate of drug-likeness (QED) is 0.224. The van der Waals surface area contributed by atoms with Crippen molar-refractivity contribution in [3.63, 3.8) is 0 Å². The summed E-state index contributed by atoms with van der Waals surface area (Å²) >= 11 is 1.85. The number of rotatable bonds is 8. The van der Waals surface area contributed by atoms with E-state index in [1.807, 2.05) is 17.8 Å². The third-order valence-electron chi connectivity index (χ3n) is 1.80. The molecule has 17 heavy (non-hydrogen) atoms. The molecule has 0 aliphatic rings. The number of ether oxygens (including phenoxy) is 1. The molecule has 0 fully saturated rings. The number of thioether (sulfide) groups is 1. The van der Waals surface area contributed by atoms with Gasteiger partial charge in [0.05, 0.1) is 6.61 Å². The second-order valence-corrected chi connectivity index (χ2v) is 4.51. The molecule has 0 aromatic carbocycles. The molecule has 1 atom stereocenters. The summed E-state index contributed by atoms with van der Waals surface area (Å²) < 4.78 is 5.05. The number of hydrogen-bond donors (Lipinski definition) is 2. The highest BCUT2D eigenvalue weighted by Crippen LogP contribution is 1.96. The SMILES string of the molecule is C=CCSCCNC(=NC)NC(C)COC.I. The van der Waals surface area contributed by atoms with E-state index in [1.165, 1.54) is 0 Å². The molecule has 0 saturated carbocycles. The van der Waals surface area contributed by atoms with Crippen molar-refractivity contribution in [2.24, 2.45) is 4.99 Å². The second-order valence-electron chi connectivity index (χ2n) is 3.36. The first-order valence-corrected chi connectivity index (χ1v) is 6.54. The Labute approximate surface area is 126 Å². The molecule has 0 aromatic rings. The van der Waals surface area contributed by atoms with E-state index in [1.54, 1.807) is 14.2 Å². The van der Waals surface area contributed by atoms with E-state index >= 15 is 0 Å². The van der Waals surface area contributed by atoms with Crippen LogP contribution in [-0.4, -0.2) is 50.8 Å². The van der Waals surface area contributed by atoms with Crippen molar-refractivity contribution in [1.82, 2.24) is 10.6 Å². The number of halogens is 1. The van der Waals surface area contributed by atoms with Gasteiger partial charge in [-0.05, 0) is 6.92 Å². The molecule has 0 amide bonds. The summed E-state index contributed by atoms with van der Waals surface area (Å²) in [5.74, 6) is 2.86. The third-order valence-corrected chi connectivity index (χ3v) is 2.76. The van der Waals surface area contributed by atoms with E-state index in [0.29, 0.717) is 6.61 Å². The number of nitrogens with one attached hydrogen (secondary N) is 2. The summed E-state index contributed by atoms with van der Waals surface area (Å²) in [7, 11) is 3.46. The summed E-state index contributed by atoms with van der Waals surface area (Å²) in [6.45, 7) is 7.31. The normalized spacial score (nSPS) is 12.5. The average molecular weight is 373 g/mol. The first-order valence-electron chi connectivity index (χ1n) is 5.39. The molecule has 0 saturated heterocycles. The van der Waals surface area contributed by atoms with Crippen LogP contribution in [0.1, 0.15) is 6.92 Å². The van der Waals surface area contributed by atoms with Gasteiger partial charge in [0.2, 0.25) is 0 Å². The van der Waals surface area contributed by atoms with Crippen LogP contribution in [0.2, 0.25) is 0 Å². The lowest BCUT2D eigenvalue weighted by Gasteiger charge is -2.16. The Morgan fingerprint density at radius 2 is 2.29 bits per heavy atom. The van der Waals surface area contributed by atoms with E-state index in [2.05, 4.69) is 29.1 Å². The van der Waals surface area contributed by atoms with Gasteiger partial charge in [-0.15, -0.1) is 30.6 Å². The van der Waals surface area contributed by atoms with Gasteiger partial charge in [-0.3, -0.25) is 4.99 Å². The van der Waals surface area contributed by atoms with Gasteiger partial charge in [-0.25, -0.2) is 0 Å². The Morgan fingerprint density at radius 1 is 1.59 bits per heavy atom. The third kappa shape index (κ3) is 12.3. The van der Waals surface area contributed by atoms with Gasteiger partial charge in [-0.1, -0.05) is 6.08 Å². The predicted octanol–water partition coefficient (Wildman–Crippen LogP) is 1.72. The monoisotopic (exact) mass is 373 g/mol. The van der Waals surface area contributed by atoms with Crippen molar-refractivity contribution in [2.45, 2.75) is 13.0 Å². The fourth-order valence-corrected chi connectivity index (χ4v) is 1.71. The van der Waals surface area contributed by atoms with E-state index < -0.39 is 0 Å². The standard InChI is InChI=1S/C11H23N3OS.HI/c1-5-7-16-8-6-13-11(12-3)14-10(2)9-15-4;/h5,10H,1,6-9H2,2-4H3,(H2,12,13,14);1H. The molecule has 6 heteroatoms. The summed E-state index contributed by atoms with van der Waals surface area (Å²) in [4.78, 5) is 4.14. The zero-order chi connectivity index (χ0) is 12.2. The Bertz CT molecular complexity index is 215. The smallest absolute Gasteiger partial charge is 0.191 e. The Hall–Kier alpha value is 0.0500. The lowest BCUT2D eigenvalue weighted by atomic mass is 10.4. The largest absolute Gasteiger partial charge is 0.383 e. The topological polar surface area (TPSA) is 45.7 Å². The van der Waals surface area contributed by atoms with Crippen LogP contribution in [0, 0.1) is 0 Å². The van der Waals surface area contributed by atoms with Gasteiger partial charge in [0.15, 0.2) is 5.96 Å². The summed E-state index contributed by atoms with van der Waals surface area (Å²) in [6.07, 6.45) is 1.92. The number of methoxy groups -OCH3 is 1. The maximum Gasteiger partial charge on any atom is 0.191 e. The van der Waals surface area contributed by atoms with Crippen molar-refractivity contribution in [2.75, 3.05) is 38.8 Å². The first kappa shape index (κ1) is 19.4. The minimum absolute atomic E-state index is 0. The van der Waals surface area contributed by atoms with Crippen molar-refractivity contribution < 1.29 is 4.74 Å². The molecule has 4 nitrogen and oxygen atoms in total. The summed E-state index contributed by atoms with van der Waals surface area (Å²) in [5.41, 5.74) is 0. The highest BCUT2D eigenvalue weighted by Gasteiger charge is 2.03. The zero-order valence-corrected chi connectivity index (χ0v) is 14.0. The van der Waals surface area contributed by atoms with Crippen molar-refractivity contribution in [3.8, 4) is 0 Å². The Kier molecular flexibility index (Phi) is 16.1. The Morgan fingerprint density at radius 3 is 2.82 bits per heavy atom. The predicted molar refractivity (Wildman–Crippen MR) is 88.8 cm³/mol. The van der Waals surface area contributed by atoms with Crippen LogP contribution in [0.5, 0.6) is 0 Å².